The van der Waals surface area contributed by atoms with Crippen LogP contribution in [0.1, 0.15) is 12.5 Å². The van der Waals surface area contributed by atoms with Crippen LogP contribution in [0.4, 0.5) is 0 Å². The van der Waals surface area contributed by atoms with Gasteiger partial charge in [-0.1, -0.05) is 23.9 Å². The van der Waals surface area contributed by atoms with Gasteiger partial charge in [0.05, 0.1) is 13.7 Å². The maximum Gasteiger partial charge on any atom is 0.191 e. The van der Waals surface area contributed by atoms with Gasteiger partial charge in [-0.15, -0.1) is 10.2 Å². The van der Waals surface area contributed by atoms with Crippen molar-refractivity contribution in [3.8, 4) is 22.9 Å². The standard InChI is InChI=1S/C19H21N3O2S/c1-4-24-16-10-8-15(9-11-16)18-20-21-19(22(18)2)25-13-14-6-5-7-17(12-14)23-3/h5-12H,4,13H2,1-3H3. The van der Waals surface area contributed by atoms with Crippen LogP contribution in [0.5, 0.6) is 11.5 Å². The minimum Gasteiger partial charge on any atom is -0.497 e. The molecule has 6 heteroatoms. The van der Waals surface area contributed by atoms with Crippen LogP contribution in [-0.2, 0) is 12.8 Å². The van der Waals surface area contributed by atoms with Crippen LogP contribution in [0.25, 0.3) is 11.4 Å². The van der Waals surface area contributed by atoms with Gasteiger partial charge in [-0.05, 0) is 48.9 Å². The molecule has 3 aromatic rings. The quantitative estimate of drug-likeness (QED) is 0.595. The fourth-order valence-corrected chi connectivity index (χ4v) is 3.32. The van der Waals surface area contributed by atoms with Gasteiger partial charge in [0.25, 0.3) is 0 Å². The Morgan fingerprint density at radius 1 is 1.04 bits per heavy atom. The summed E-state index contributed by atoms with van der Waals surface area (Å²) >= 11 is 1.66. The first-order valence-corrected chi connectivity index (χ1v) is 9.08. The lowest BCUT2D eigenvalue weighted by atomic mass is 10.2. The van der Waals surface area contributed by atoms with Gasteiger partial charge in [0.15, 0.2) is 11.0 Å². The van der Waals surface area contributed by atoms with Crippen molar-refractivity contribution in [1.29, 1.82) is 0 Å². The minimum absolute atomic E-state index is 0.661. The molecule has 0 unspecified atom stereocenters. The molecule has 0 saturated carbocycles. The molecule has 0 aliphatic rings. The minimum atomic E-state index is 0.661. The maximum atomic E-state index is 5.48. The molecule has 1 heterocycles. The van der Waals surface area contributed by atoms with Gasteiger partial charge in [-0.3, -0.25) is 0 Å². The third-order valence-corrected chi connectivity index (χ3v) is 4.85. The van der Waals surface area contributed by atoms with Crippen LogP contribution < -0.4 is 9.47 Å². The van der Waals surface area contributed by atoms with E-state index >= 15 is 0 Å². The zero-order valence-electron chi connectivity index (χ0n) is 14.6. The highest BCUT2D eigenvalue weighted by Gasteiger charge is 2.11. The summed E-state index contributed by atoms with van der Waals surface area (Å²) < 4.78 is 12.8. The predicted molar refractivity (Wildman–Crippen MR) is 100 cm³/mol. The highest BCUT2D eigenvalue weighted by atomic mass is 32.2. The Balaban J connectivity index is 1.72. The number of hydrogen-bond donors (Lipinski definition) is 0. The monoisotopic (exact) mass is 355 g/mol. The highest BCUT2D eigenvalue weighted by molar-refractivity contribution is 7.98. The Hall–Kier alpha value is -2.47. The number of thioether (sulfide) groups is 1. The molecule has 0 atom stereocenters. The first-order valence-electron chi connectivity index (χ1n) is 8.09. The molecular weight excluding hydrogens is 334 g/mol. The van der Waals surface area contributed by atoms with Crippen LogP contribution in [0.15, 0.2) is 53.7 Å². The molecule has 0 N–H and O–H groups in total. The Bertz CT molecular complexity index is 831. The van der Waals surface area contributed by atoms with E-state index in [0.29, 0.717) is 6.61 Å². The molecule has 0 saturated heterocycles. The van der Waals surface area contributed by atoms with Crippen LogP contribution in [-0.4, -0.2) is 28.5 Å². The number of rotatable bonds is 7. The van der Waals surface area contributed by atoms with Crippen LogP contribution >= 0.6 is 11.8 Å². The van der Waals surface area contributed by atoms with Crippen LogP contribution in [0.2, 0.25) is 0 Å². The molecule has 1 aromatic heterocycles. The van der Waals surface area contributed by atoms with Crippen molar-refractivity contribution < 1.29 is 9.47 Å². The van der Waals surface area contributed by atoms with E-state index < -0.39 is 0 Å². The molecule has 25 heavy (non-hydrogen) atoms. The number of nitrogens with zero attached hydrogens (tertiary/aromatic N) is 3. The molecule has 0 fully saturated rings. The summed E-state index contributed by atoms with van der Waals surface area (Å²) in [5.41, 5.74) is 2.21. The van der Waals surface area contributed by atoms with Crippen molar-refractivity contribution in [3.05, 3.63) is 54.1 Å². The van der Waals surface area contributed by atoms with Crippen LogP contribution in [0, 0.1) is 0 Å². The fraction of sp³-hybridized carbons (Fsp3) is 0.263. The molecule has 2 aromatic carbocycles. The second kappa shape index (κ2) is 8.07. The average molecular weight is 355 g/mol. The number of ether oxygens (including phenoxy) is 2. The summed E-state index contributed by atoms with van der Waals surface area (Å²) in [5.74, 6) is 3.38. The highest BCUT2D eigenvalue weighted by Crippen LogP contribution is 2.27. The number of aromatic nitrogens is 3. The van der Waals surface area contributed by atoms with Gasteiger partial charge in [-0.2, -0.15) is 0 Å². The van der Waals surface area contributed by atoms with E-state index in [1.807, 2.05) is 61.0 Å². The van der Waals surface area contributed by atoms with E-state index in [4.69, 9.17) is 9.47 Å². The maximum absolute atomic E-state index is 5.48. The van der Waals surface area contributed by atoms with E-state index in [2.05, 4.69) is 16.3 Å². The zero-order chi connectivity index (χ0) is 17.6. The molecule has 0 aliphatic heterocycles. The predicted octanol–water partition coefficient (Wildman–Crippen LogP) is 4.18. The first kappa shape index (κ1) is 17.4. The molecule has 3 rings (SSSR count). The van der Waals surface area contributed by atoms with Crippen molar-refractivity contribution in [2.45, 2.75) is 17.8 Å². The lowest BCUT2D eigenvalue weighted by molar-refractivity contribution is 0.340. The van der Waals surface area contributed by atoms with E-state index in [9.17, 15) is 0 Å². The second-order valence-electron chi connectivity index (χ2n) is 5.46. The van der Waals surface area contributed by atoms with Gasteiger partial charge in [-0.25, -0.2) is 0 Å². The molecule has 130 valence electrons. The summed E-state index contributed by atoms with van der Waals surface area (Å²) in [4.78, 5) is 0. The largest absolute Gasteiger partial charge is 0.497 e. The SMILES string of the molecule is CCOc1ccc(-c2nnc(SCc3cccc(OC)c3)n2C)cc1. The van der Waals surface area contributed by atoms with E-state index in [-0.39, 0.29) is 0 Å². The summed E-state index contributed by atoms with van der Waals surface area (Å²) in [7, 11) is 3.66. The number of hydrogen-bond acceptors (Lipinski definition) is 5. The third kappa shape index (κ3) is 4.14. The average Bonchev–Trinajstić information content (AvgIpc) is 3.02. The van der Waals surface area contributed by atoms with Crippen molar-refractivity contribution in [1.82, 2.24) is 14.8 Å². The number of methoxy groups -OCH3 is 1. The lowest BCUT2D eigenvalue weighted by Gasteiger charge is -2.06. The topological polar surface area (TPSA) is 49.2 Å². The number of benzene rings is 2. The molecule has 5 nitrogen and oxygen atoms in total. The lowest BCUT2D eigenvalue weighted by Crippen LogP contribution is -1.96. The molecule has 0 amide bonds. The van der Waals surface area contributed by atoms with E-state index in [1.54, 1.807) is 18.9 Å². The van der Waals surface area contributed by atoms with Crippen LogP contribution in [0.3, 0.4) is 0 Å². The van der Waals surface area contributed by atoms with Gasteiger partial charge in [0, 0.05) is 18.4 Å². The zero-order valence-corrected chi connectivity index (χ0v) is 15.4. The van der Waals surface area contributed by atoms with Gasteiger partial charge in [0.2, 0.25) is 0 Å². The fourth-order valence-electron chi connectivity index (χ4n) is 2.47. The van der Waals surface area contributed by atoms with Gasteiger partial charge in [0.1, 0.15) is 11.5 Å². The first-order chi connectivity index (χ1) is 12.2. The van der Waals surface area contributed by atoms with Crippen molar-refractivity contribution >= 4 is 11.8 Å². The van der Waals surface area contributed by atoms with E-state index in [1.165, 1.54) is 5.56 Å². The Morgan fingerprint density at radius 3 is 2.56 bits per heavy atom. The van der Waals surface area contributed by atoms with Crippen molar-refractivity contribution in [2.75, 3.05) is 13.7 Å². The summed E-state index contributed by atoms with van der Waals surface area (Å²) in [6, 6.07) is 16.0. The molecule has 0 spiro atoms. The summed E-state index contributed by atoms with van der Waals surface area (Å²) in [6.45, 7) is 2.64. The smallest absolute Gasteiger partial charge is 0.191 e. The molecule has 0 aliphatic carbocycles. The Labute approximate surface area is 152 Å². The Morgan fingerprint density at radius 2 is 1.84 bits per heavy atom. The van der Waals surface area contributed by atoms with Gasteiger partial charge >= 0.3 is 0 Å². The van der Waals surface area contributed by atoms with Crippen molar-refractivity contribution in [2.24, 2.45) is 7.05 Å². The summed E-state index contributed by atoms with van der Waals surface area (Å²) in [5, 5.41) is 9.54. The van der Waals surface area contributed by atoms with E-state index in [0.717, 1.165) is 33.8 Å². The second-order valence-corrected chi connectivity index (χ2v) is 6.41. The van der Waals surface area contributed by atoms with Crippen molar-refractivity contribution in [3.63, 3.8) is 0 Å². The van der Waals surface area contributed by atoms with Gasteiger partial charge < -0.3 is 14.0 Å². The molecule has 0 bridgehead atoms. The molecular formula is C19H21N3O2S. The normalized spacial score (nSPS) is 10.7. The third-order valence-electron chi connectivity index (χ3n) is 3.76. The summed E-state index contributed by atoms with van der Waals surface area (Å²) in [6.07, 6.45) is 0. The Kier molecular flexibility index (Phi) is 5.60. The molecule has 0 radical (unpaired) electrons.